The van der Waals surface area contributed by atoms with Crippen molar-refractivity contribution in [1.82, 2.24) is 14.9 Å². The summed E-state index contributed by atoms with van der Waals surface area (Å²) in [5, 5.41) is 4.29. The van der Waals surface area contributed by atoms with Crippen LogP contribution in [0.2, 0.25) is 5.02 Å². The molecule has 1 aliphatic rings. The first-order chi connectivity index (χ1) is 8.65. The zero-order chi connectivity index (χ0) is 12.7. The minimum atomic E-state index is 0.580. The van der Waals surface area contributed by atoms with Crippen molar-refractivity contribution in [1.29, 1.82) is 0 Å². The minimum absolute atomic E-state index is 0.580. The van der Waals surface area contributed by atoms with Gasteiger partial charge in [-0.1, -0.05) is 11.6 Å². The van der Waals surface area contributed by atoms with Crippen LogP contribution in [0, 0.1) is 6.92 Å². The first kappa shape index (κ1) is 12.0. The van der Waals surface area contributed by atoms with Gasteiger partial charge in [0.05, 0.1) is 11.0 Å². The average molecular weight is 264 g/mol. The molecule has 2 heterocycles. The zero-order valence-electron chi connectivity index (χ0n) is 10.8. The number of aryl methyl sites for hydroxylation is 2. The van der Waals surface area contributed by atoms with Crippen molar-refractivity contribution in [3.8, 4) is 0 Å². The Bertz CT molecular complexity index is 582. The number of hydrogen-bond donors (Lipinski definition) is 1. The molecule has 0 radical (unpaired) electrons. The van der Waals surface area contributed by atoms with Gasteiger partial charge in [0.2, 0.25) is 0 Å². The summed E-state index contributed by atoms with van der Waals surface area (Å²) in [6, 6.07) is 4.54. The van der Waals surface area contributed by atoms with Gasteiger partial charge in [-0.2, -0.15) is 0 Å². The molecule has 1 aromatic carbocycles. The smallest absolute Gasteiger partial charge is 0.111 e. The van der Waals surface area contributed by atoms with Crippen molar-refractivity contribution in [2.24, 2.45) is 7.05 Å². The number of nitrogens with one attached hydrogen (secondary N) is 1. The second-order valence-corrected chi connectivity index (χ2v) is 5.61. The summed E-state index contributed by atoms with van der Waals surface area (Å²) < 4.78 is 2.21. The fourth-order valence-corrected chi connectivity index (χ4v) is 3.18. The van der Waals surface area contributed by atoms with Gasteiger partial charge in [-0.25, -0.2) is 4.98 Å². The molecule has 1 fully saturated rings. The molecule has 0 amide bonds. The van der Waals surface area contributed by atoms with E-state index in [1.54, 1.807) is 0 Å². The van der Waals surface area contributed by atoms with Gasteiger partial charge in [-0.05, 0) is 44.0 Å². The first-order valence-electron chi connectivity index (χ1n) is 6.50. The van der Waals surface area contributed by atoms with Gasteiger partial charge >= 0.3 is 0 Å². The molecule has 2 aromatic rings. The summed E-state index contributed by atoms with van der Waals surface area (Å²) in [5.41, 5.74) is 3.40. The Morgan fingerprint density at radius 1 is 1.50 bits per heavy atom. The van der Waals surface area contributed by atoms with E-state index in [0.717, 1.165) is 29.3 Å². The Balaban J connectivity index is 2.02. The SMILES string of the molecule is Cc1cc(Cl)cc2nc(CC3CCCN3)n(C)c12. The Morgan fingerprint density at radius 3 is 3.06 bits per heavy atom. The van der Waals surface area contributed by atoms with Gasteiger partial charge in [0.1, 0.15) is 5.82 Å². The number of benzene rings is 1. The van der Waals surface area contributed by atoms with Gasteiger partial charge in [0, 0.05) is 24.5 Å². The molecule has 1 aromatic heterocycles. The molecular weight excluding hydrogens is 246 g/mol. The minimum Gasteiger partial charge on any atom is -0.331 e. The first-order valence-corrected chi connectivity index (χ1v) is 6.88. The molecule has 0 saturated carbocycles. The van der Waals surface area contributed by atoms with Crippen LogP contribution in [0.1, 0.15) is 24.2 Å². The van der Waals surface area contributed by atoms with Crippen molar-refractivity contribution in [2.75, 3.05) is 6.54 Å². The Morgan fingerprint density at radius 2 is 2.33 bits per heavy atom. The number of halogens is 1. The zero-order valence-corrected chi connectivity index (χ0v) is 11.6. The van der Waals surface area contributed by atoms with Gasteiger partial charge < -0.3 is 9.88 Å². The number of fused-ring (bicyclic) bond motifs is 1. The molecule has 1 aliphatic heterocycles. The lowest BCUT2D eigenvalue weighted by atomic mass is 10.1. The summed E-state index contributed by atoms with van der Waals surface area (Å²) in [7, 11) is 2.10. The van der Waals surface area contributed by atoms with Crippen LogP contribution in [0.3, 0.4) is 0 Å². The van der Waals surface area contributed by atoms with Crippen LogP contribution >= 0.6 is 11.6 Å². The lowest BCUT2D eigenvalue weighted by molar-refractivity contribution is 0.575. The topological polar surface area (TPSA) is 29.9 Å². The van der Waals surface area contributed by atoms with Crippen LogP contribution in [0.4, 0.5) is 0 Å². The summed E-state index contributed by atoms with van der Waals surface area (Å²) in [6.45, 7) is 3.23. The summed E-state index contributed by atoms with van der Waals surface area (Å²) in [4.78, 5) is 4.74. The van der Waals surface area contributed by atoms with E-state index in [9.17, 15) is 0 Å². The highest BCUT2D eigenvalue weighted by atomic mass is 35.5. The predicted octanol–water partition coefficient (Wildman–Crippen LogP) is 2.83. The molecule has 0 aliphatic carbocycles. The lowest BCUT2D eigenvalue weighted by Gasteiger charge is -2.09. The standard InChI is InChI=1S/C14H18ClN3/c1-9-6-10(15)7-12-14(9)18(2)13(17-12)8-11-4-3-5-16-11/h6-7,11,16H,3-5,8H2,1-2H3. The van der Waals surface area contributed by atoms with Crippen LogP contribution in [-0.2, 0) is 13.5 Å². The Hall–Kier alpha value is -1.06. The molecule has 1 N–H and O–H groups in total. The second kappa shape index (κ2) is 4.56. The summed E-state index contributed by atoms with van der Waals surface area (Å²) >= 11 is 6.09. The van der Waals surface area contributed by atoms with E-state index in [-0.39, 0.29) is 0 Å². The molecular formula is C14H18ClN3. The van der Waals surface area contributed by atoms with E-state index in [4.69, 9.17) is 16.6 Å². The van der Waals surface area contributed by atoms with Crippen molar-refractivity contribution >= 4 is 22.6 Å². The second-order valence-electron chi connectivity index (χ2n) is 5.17. The van der Waals surface area contributed by atoms with Crippen molar-refractivity contribution in [2.45, 2.75) is 32.2 Å². The summed E-state index contributed by atoms with van der Waals surface area (Å²) in [6.07, 6.45) is 3.53. The van der Waals surface area contributed by atoms with Crippen LogP contribution in [-0.4, -0.2) is 22.1 Å². The fourth-order valence-electron chi connectivity index (χ4n) is 2.92. The Kier molecular flexibility index (Phi) is 3.04. The van der Waals surface area contributed by atoms with Crippen LogP contribution in [0.15, 0.2) is 12.1 Å². The van der Waals surface area contributed by atoms with E-state index in [1.165, 1.54) is 23.9 Å². The third-order valence-corrected chi connectivity index (χ3v) is 4.03. The number of aromatic nitrogens is 2. The average Bonchev–Trinajstić information content (AvgIpc) is 2.88. The van der Waals surface area contributed by atoms with E-state index in [2.05, 4.69) is 23.9 Å². The summed E-state index contributed by atoms with van der Waals surface area (Å²) in [5.74, 6) is 1.15. The number of hydrogen-bond acceptors (Lipinski definition) is 2. The van der Waals surface area contributed by atoms with E-state index in [0.29, 0.717) is 6.04 Å². The molecule has 18 heavy (non-hydrogen) atoms. The van der Waals surface area contributed by atoms with Crippen molar-refractivity contribution < 1.29 is 0 Å². The third-order valence-electron chi connectivity index (χ3n) is 3.81. The predicted molar refractivity (Wildman–Crippen MR) is 75.2 cm³/mol. The highest BCUT2D eigenvalue weighted by molar-refractivity contribution is 6.31. The lowest BCUT2D eigenvalue weighted by Crippen LogP contribution is -2.25. The number of imidazole rings is 1. The van der Waals surface area contributed by atoms with Gasteiger partial charge in [-0.3, -0.25) is 0 Å². The number of nitrogens with zero attached hydrogens (tertiary/aromatic N) is 2. The van der Waals surface area contributed by atoms with E-state index < -0.39 is 0 Å². The molecule has 1 atom stereocenters. The maximum absolute atomic E-state index is 6.09. The highest BCUT2D eigenvalue weighted by Gasteiger charge is 2.18. The van der Waals surface area contributed by atoms with Crippen LogP contribution < -0.4 is 5.32 Å². The maximum Gasteiger partial charge on any atom is 0.111 e. The van der Waals surface area contributed by atoms with Crippen LogP contribution in [0.25, 0.3) is 11.0 Å². The van der Waals surface area contributed by atoms with Gasteiger partial charge in [-0.15, -0.1) is 0 Å². The molecule has 96 valence electrons. The van der Waals surface area contributed by atoms with E-state index in [1.807, 2.05) is 12.1 Å². The third kappa shape index (κ3) is 2.02. The molecule has 4 heteroatoms. The molecule has 1 unspecified atom stereocenters. The normalized spacial score (nSPS) is 19.8. The highest BCUT2D eigenvalue weighted by Crippen LogP contribution is 2.24. The van der Waals surface area contributed by atoms with Crippen molar-refractivity contribution in [3.63, 3.8) is 0 Å². The van der Waals surface area contributed by atoms with Gasteiger partial charge in [0.15, 0.2) is 0 Å². The quantitative estimate of drug-likeness (QED) is 0.903. The van der Waals surface area contributed by atoms with E-state index >= 15 is 0 Å². The maximum atomic E-state index is 6.09. The molecule has 1 saturated heterocycles. The Labute approximate surface area is 112 Å². The van der Waals surface area contributed by atoms with Crippen LogP contribution in [0.5, 0.6) is 0 Å². The molecule has 0 spiro atoms. The van der Waals surface area contributed by atoms with Gasteiger partial charge in [0.25, 0.3) is 0 Å². The molecule has 3 rings (SSSR count). The fraction of sp³-hybridized carbons (Fsp3) is 0.500. The molecule has 3 nitrogen and oxygen atoms in total. The largest absolute Gasteiger partial charge is 0.331 e. The monoisotopic (exact) mass is 263 g/mol. The molecule has 0 bridgehead atoms. The number of rotatable bonds is 2. The van der Waals surface area contributed by atoms with Crippen molar-refractivity contribution in [3.05, 3.63) is 28.5 Å².